The van der Waals surface area contributed by atoms with Crippen LogP contribution in [0.4, 0.5) is 13.2 Å². The number of hydrogen-bond acceptors (Lipinski definition) is 0. The monoisotopic (exact) mass is 246 g/mol. The van der Waals surface area contributed by atoms with E-state index < -0.39 is 11.7 Å². The minimum atomic E-state index is -4.28. The van der Waals surface area contributed by atoms with Crippen molar-refractivity contribution >= 4 is 17.2 Å². The van der Waals surface area contributed by atoms with Crippen molar-refractivity contribution < 1.29 is 13.2 Å². The van der Waals surface area contributed by atoms with Gasteiger partial charge in [-0.25, -0.2) is 0 Å². The molecule has 0 fully saturated rings. The lowest BCUT2D eigenvalue weighted by molar-refractivity contribution is -0.137. The molecule has 0 bridgehead atoms. The fourth-order valence-corrected chi connectivity index (χ4v) is 2.08. The molecular formula is C12H10ClF3. The van der Waals surface area contributed by atoms with Gasteiger partial charge >= 0.3 is 6.18 Å². The van der Waals surface area contributed by atoms with Crippen molar-refractivity contribution in [2.24, 2.45) is 0 Å². The maximum atomic E-state index is 12.5. The first-order valence-corrected chi connectivity index (χ1v) is 5.43. The van der Waals surface area contributed by atoms with Gasteiger partial charge in [-0.15, -0.1) is 11.6 Å². The average Bonchev–Trinajstić information content (AvgIpc) is 2.64. The van der Waals surface area contributed by atoms with Gasteiger partial charge in [-0.05, 0) is 36.1 Å². The first-order valence-electron chi connectivity index (χ1n) is 4.99. The van der Waals surface area contributed by atoms with Crippen LogP contribution >= 0.6 is 11.6 Å². The fourth-order valence-electron chi connectivity index (χ4n) is 1.81. The maximum absolute atomic E-state index is 12.5. The highest BCUT2D eigenvalue weighted by Gasteiger charge is 2.30. The van der Waals surface area contributed by atoms with E-state index in [4.69, 9.17) is 11.6 Å². The van der Waals surface area contributed by atoms with Crippen LogP contribution < -0.4 is 0 Å². The first-order chi connectivity index (χ1) is 7.47. The first kappa shape index (κ1) is 11.5. The van der Waals surface area contributed by atoms with Crippen LogP contribution in [0.5, 0.6) is 0 Å². The molecule has 0 aliphatic heterocycles. The second-order valence-corrected chi connectivity index (χ2v) is 4.39. The van der Waals surface area contributed by atoms with Gasteiger partial charge in [0.05, 0.1) is 10.9 Å². The molecule has 16 heavy (non-hydrogen) atoms. The van der Waals surface area contributed by atoms with Gasteiger partial charge in [0.1, 0.15) is 0 Å². The molecule has 0 N–H and O–H groups in total. The predicted octanol–water partition coefficient (Wildman–Crippen LogP) is 4.49. The van der Waals surface area contributed by atoms with Crippen LogP contribution in [-0.4, -0.2) is 5.38 Å². The van der Waals surface area contributed by atoms with Gasteiger partial charge in [-0.1, -0.05) is 18.2 Å². The van der Waals surface area contributed by atoms with Gasteiger partial charge in [-0.2, -0.15) is 13.2 Å². The van der Waals surface area contributed by atoms with Crippen LogP contribution in [0.2, 0.25) is 0 Å². The van der Waals surface area contributed by atoms with E-state index >= 15 is 0 Å². The van der Waals surface area contributed by atoms with Gasteiger partial charge in [0, 0.05) is 0 Å². The number of hydrogen-bond donors (Lipinski definition) is 0. The third-order valence-electron chi connectivity index (χ3n) is 2.63. The molecule has 0 nitrogen and oxygen atoms in total. The second kappa shape index (κ2) is 4.13. The fraction of sp³-hybridized carbons (Fsp3) is 0.333. The van der Waals surface area contributed by atoms with Crippen molar-refractivity contribution in [3.8, 4) is 0 Å². The topological polar surface area (TPSA) is 0 Å². The smallest absolute Gasteiger partial charge is 0.166 e. The maximum Gasteiger partial charge on any atom is 0.416 e. The largest absolute Gasteiger partial charge is 0.416 e. The van der Waals surface area contributed by atoms with E-state index in [1.807, 2.05) is 6.08 Å². The molecule has 86 valence electrons. The molecule has 0 amide bonds. The number of rotatable bonds is 1. The number of benzene rings is 1. The molecule has 0 spiro atoms. The molecular weight excluding hydrogens is 237 g/mol. The van der Waals surface area contributed by atoms with E-state index in [0.717, 1.165) is 24.5 Å². The molecule has 1 aromatic carbocycles. The lowest BCUT2D eigenvalue weighted by Crippen LogP contribution is -2.04. The molecule has 1 unspecified atom stereocenters. The Kier molecular flexibility index (Phi) is 2.98. The third kappa shape index (κ3) is 2.40. The van der Waals surface area contributed by atoms with Gasteiger partial charge < -0.3 is 0 Å². The Morgan fingerprint density at radius 3 is 2.56 bits per heavy atom. The van der Waals surface area contributed by atoms with Gasteiger partial charge in [0.25, 0.3) is 0 Å². The number of allylic oxidation sites excluding steroid dienone is 2. The SMILES string of the molecule is FC(F)(F)c1cccc(C2=CC(Cl)CC2)c1. The summed E-state index contributed by atoms with van der Waals surface area (Å²) in [4.78, 5) is 0. The zero-order valence-corrected chi connectivity index (χ0v) is 9.15. The molecule has 1 aliphatic rings. The molecule has 1 atom stereocenters. The summed E-state index contributed by atoms with van der Waals surface area (Å²) in [6.45, 7) is 0. The Labute approximate surface area is 96.7 Å². The summed E-state index contributed by atoms with van der Waals surface area (Å²) in [6.07, 6.45) is -0.908. The van der Waals surface area contributed by atoms with E-state index in [-0.39, 0.29) is 5.38 Å². The van der Waals surface area contributed by atoms with Crippen molar-refractivity contribution in [2.75, 3.05) is 0 Å². The van der Waals surface area contributed by atoms with E-state index in [0.29, 0.717) is 5.56 Å². The van der Waals surface area contributed by atoms with Crippen LogP contribution in [0.15, 0.2) is 30.3 Å². The van der Waals surface area contributed by atoms with Crippen molar-refractivity contribution in [3.63, 3.8) is 0 Å². The number of halogens is 4. The van der Waals surface area contributed by atoms with Crippen molar-refractivity contribution in [1.82, 2.24) is 0 Å². The number of alkyl halides is 4. The third-order valence-corrected chi connectivity index (χ3v) is 2.98. The van der Waals surface area contributed by atoms with Gasteiger partial charge in [-0.3, -0.25) is 0 Å². The van der Waals surface area contributed by atoms with Crippen molar-refractivity contribution in [1.29, 1.82) is 0 Å². The summed E-state index contributed by atoms with van der Waals surface area (Å²) in [5.41, 5.74) is 0.924. The van der Waals surface area contributed by atoms with E-state index in [1.54, 1.807) is 6.07 Å². The van der Waals surface area contributed by atoms with Crippen molar-refractivity contribution in [3.05, 3.63) is 41.5 Å². The van der Waals surface area contributed by atoms with Crippen LogP contribution in [0.25, 0.3) is 5.57 Å². The standard InChI is InChI=1S/C12H10ClF3/c13-11-5-4-9(7-11)8-2-1-3-10(6-8)12(14,15)16/h1-3,6-7,11H,4-5H2. The molecule has 2 rings (SSSR count). The molecule has 0 saturated carbocycles. The molecule has 4 heteroatoms. The summed E-state index contributed by atoms with van der Waals surface area (Å²) in [7, 11) is 0. The Morgan fingerprint density at radius 1 is 1.25 bits per heavy atom. The van der Waals surface area contributed by atoms with E-state index in [2.05, 4.69) is 0 Å². The molecule has 0 heterocycles. The molecule has 1 aromatic rings. The lowest BCUT2D eigenvalue weighted by Gasteiger charge is -2.09. The Bertz CT molecular complexity index is 421. The van der Waals surface area contributed by atoms with E-state index in [9.17, 15) is 13.2 Å². The Hall–Kier alpha value is -0.960. The second-order valence-electron chi connectivity index (χ2n) is 3.83. The highest BCUT2D eigenvalue weighted by Crippen LogP contribution is 2.34. The van der Waals surface area contributed by atoms with Crippen LogP contribution in [0.3, 0.4) is 0 Å². The molecule has 0 aromatic heterocycles. The highest BCUT2D eigenvalue weighted by atomic mass is 35.5. The van der Waals surface area contributed by atoms with Crippen molar-refractivity contribution in [2.45, 2.75) is 24.4 Å². The lowest BCUT2D eigenvalue weighted by atomic mass is 10.0. The Morgan fingerprint density at radius 2 is 2.00 bits per heavy atom. The molecule has 0 radical (unpaired) electrons. The minimum absolute atomic E-state index is 0.0513. The van der Waals surface area contributed by atoms with Crippen LogP contribution in [0, 0.1) is 0 Å². The summed E-state index contributed by atoms with van der Waals surface area (Å²) in [6, 6.07) is 5.38. The van der Waals surface area contributed by atoms with Crippen LogP contribution in [-0.2, 0) is 6.18 Å². The summed E-state index contributed by atoms with van der Waals surface area (Å²) in [5.74, 6) is 0. The van der Waals surface area contributed by atoms with Crippen LogP contribution in [0.1, 0.15) is 24.0 Å². The quantitative estimate of drug-likeness (QED) is 0.641. The summed E-state index contributed by atoms with van der Waals surface area (Å²) < 4.78 is 37.5. The summed E-state index contributed by atoms with van der Waals surface area (Å²) in [5, 5.41) is -0.0513. The summed E-state index contributed by atoms with van der Waals surface area (Å²) >= 11 is 5.89. The molecule has 1 aliphatic carbocycles. The Balaban J connectivity index is 2.33. The minimum Gasteiger partial charge on any atom is -0.166 e. The normalized spacial score (nSPS) is 21.0. The van der Waals surface area contributed by atoms with Gasteiger partial charge in [0.15, 0.2) is 0 Å². The zero-order chi connectivity index (χ0) is 11.8. The predicted molar refractivity (Wildman–Crippen MR) is 58.3 cm³/mol. The van der Waals surface area contributed by atoms with E-state index in [1.165, 1.54) is 12.1 Å². The van der Waals surface area contributed by atoms with Gasteiger partial charge in [0.2, 0.25) is 0 Å². The zero-order valence-electron chi connectivity index (χ0n) is 8.39. The highest BCUT2D eigenvalue weighted by molar-refractivity contribution is 6.22. The molecule has 0 saturated heterocycles. The average molecular weight is 247 g/mol.